The van der Waals surface area contributed by atoms with Crippen molar-refractivity contribution in [1.82, 2.24) is 4.98 Å². The van der Waals surface area contributed by atoms with Crippen molar-refractivity contribution in [2.24, 2.45) is 5.73 Å². The number of aliphatic carboxylic acids is 1. The molecule has 5 N–H and O–H groups in total. The van der Waals surface area contributed by atoms with E-state index in [1.165, 1.54) is 25.3 Å². The first-order valence-corrected chi connectivity index (χ1v) is 3.69. The van der Waals surface area contributed by atoms with Crippen LogP contribution in [0.4, 0.5) is 5.82 Å². The number of rotatable bonds is 2. The normalized spacial score (nSPS) is 14.9. The van der Waals surface area contributed by atoms with Crippen LogP contribution in [0.1, 0.15) is 12.5 Å². The fourth-order valence-electron chi connectivity index (χ4n) is 0.895. The number of nitrogen functional groups attached to an aromatic ring is 1. The Hall–Kier alpha value is -1.62. The Labute approximate surface area is 75.4 Å². The predicted octanol–water partition coefficient (Wildman–Crippen LogP) is -0.0777. The molecule has 1 heterocycles. The quantitative estimate of drug-likeness (QED) is 0.592. The Morgan fingerprint density at radius 3 is 2.77 bits per heavy atom. The second-order valence-electron chi connectivity index (χ2n) is 2.98. The molecule has 0 bridgehead atoms. The van der Waals surface area contributed by atoms with Crippen LogP contribution in [-0.4, -0.2) is 16.1 Å². The lowest BCUT2D eigenvalue weighted by molar-refractivity contribution is -0.143. The third-order valence-electron chi connectivity index (χ3n) is 1.83. The smallest absolute Gasteiger partial charge is 0.328 e. The van der Waals surface area contributed by atoms with Gasteiger partial charge in [-0.15, -0.1) is 0 Å². The van der Waals surface area contributed by atoms with E-state index in [2.05, 4.69) is 4.98 Å². The summed E-state index contributed by atoms with van der Waals surface area (Å²) in [5, 5.41) is 8.80. The van der Waals surface area contributed by atoms with Gasteiger partial charge in [-0.05, 0) is 24.6 Å². The van der Waals surface area contributed by atoms with Crippen molar-refractivity contribution >= 4 is 11.8 Å². The Kier molecular flexibility index (Phi) is 2.20. The maximum atomic E-state index is 10.7. The molecule has 0 saturated heterocycles. The molecule has 70 valence electrons. The van der Waals surface area contributed by atoms with Crippen molar-refractivity contribution in [2.45, 2.75) is 12.5 Å². The van der Waals surface area contributed by atoms with E-state index in [1.54, 1.807) is 0 Å². The maximum absolute atomic E-state index is 10.7. The largest absolute Gasteiger partial charge is 0.480 e. The molecule has 1 atom stereocenters. The summed E-state index contributed by atoms with van der Waals surface area (Å²) in [4.78, 5) is 14.5. The van der Waals surface area contributed by atoms with E-state index in [4.69, 9.17) is 16.6 Å². The highest BCUT2D eigenvalue weighted by molar-refractivity contribution is 5.80. The first-order valence-electron chi connectivity index (χ1n) is 3.69. The lowest BCUT2D eigenvalue weighted by atomic mass is 9.94. The molecule has 0 amide bonds. The van der Waals surface area contributed by atoms with Gasteiger partial charge in [0, 0.05) is 6.20 Å². The number of aromatic nitrogens is 1. The summed E-state index contributed by atoms with van der Waals surface area (Å²) in [6, 6.07) is 2.98. The van der Waals surface area contributed by atoms with Crippen LogP contribution in [0, 0.1) is 0 Å². The van der Waals surface area contributed by atoms with E-state index in [9.17, 15) is 4.79 Å². The van der Waals surface area contributed by atoms with Gasteiger partial charge in [-0.1, -0.05) is 0 Å². The van der Waals surface area contributed by atoms with Crippen LogP contribution in [0.5, 0.6) is 0 Å². The van der Waals surface area contributed by atoms with E-state index >= 15 is 0 Å². The van der Waals surface area contributed by atoms with Crippen LogP contribution < -0.4 is 11.5 Å². The number of carboxylic acids is 1. The highest BCUT2D eigenvalue weighted by Crippen LogP contribution is 2.18. The van der Waals surface area contributed by atoms with Gasteiger partial charge in [0.15, 0.2) is 0 Å². The van der Waals surface area contributed by atoms with Crippen molar-refractivity contribution in [3.63, 3.8) is 0 Å². The minimum atomic E-state index is -1.42. The number of hydrogen-bond donors (Lipinski definition) is 3. The van der Waals surface area contributed by atoms with Gasteiger partial charge in [-0.3, -0.25) is 0 Å². The third kappa shape index (κ3) is 1.75. The standard InChI is InChI=1S/C8H11N3O2/c1-8(10,7(12)13)5-2-3-11-6(9)4-5/h2-4H,10H2,1H3,(H2,9,11)(H,12,13). The zero-order valence-electron chi connectivity index (χ0n) is 7.19. The number of carboxylic acid groups (broad SMARTS) is 1. The summed E-state index contributed by atoms with van der Waals surface area (Å²) >= 11 is 0. The van der Waals surface area contributed by atoms with Crippen molar-refractivity contribution in [2.75, 3.05) is 5.73 Å². The molecule has 0 spiro atoms. The zero-order chi connectivity index (χ0) is 10.1. The topological polar surface area (TPSA) is 102 Å². The maximum Gasteiger partial charge on any atom is 0.328 e. The molecule has 0 saturated carbocycles. The molecular weight excluding hydrogens is 170 g/mol. The van der Waals surface area contributed by atoms with E-state index in [0.717, 1.165) is 0 Å². The first kappa shape index (κ1) is 9.47. The Morgan fingerprint density at radius 1 is 1.69 bits per heavy atom. The van der Waals surface area contributed by atoms with Gasteiger partial charge in [0.1, 0.15) is 11.4 Å². The number of hydrogen-bond acceptors (Lipinski definition) is 4. The molecule has 0 aliphatic carbocycles. The molecule has 0 aliphatic rings. The van der Waals surface area contributed by atoms with E-state index in [1.807, 2.05) is 0 Å². The lowest BCUT2D eigenvalue weighted by Crippen LogP contribution is -2.41. The summed E-state index contributed by atoms with van der Waals surface area (Å²) in [6.07, 6.45) is 1.43. The summed E-state index contributed by atoms with van der Waals surface area (Å²) in [6.45, 7) is 1.41. The molecule has 0 aliphatic heterocycles. The molecule has 1 rings (SSSR count). The van der Waals surface area contributed by atoms with Crippen LogP contribution in [0.25, 0.3) is 0 Å². The number of nitrogens with zero attached hydrogens (tertiary/aromatic N) is 1. The lowest BCUT2D eigenvalue weighted by Gasteiger charge is -2.19. The Balaban J connectivity index is 3.14. The van der Waals surface area contributed by atoms with Crippen molar-refractivity contribution in [1.29, 1.82) is 0 Å². The van der Waals surface area contributed by atoms with Crippen molar-refractivity contribution in [3.8, 4) is 0 Å². The number of anilines is 1. The van der Waals surface area contributed by atoms with Gasteiger partial charge in [0.25, 0.3) is 0 Å². The average molecular weight is 181 g/mol. The summed E-state index contributed by atoms with van der Waals surface area (Å²) in [5.41, 5.74) is 9.98. The second kappa shape index (κ2) is 3.02. The van der Waals surface area contributed by atoms with Crippen LogP contribution in [-0.2, 0) is 10.3 Å². The molecule has 0 aromatic carbocycles. The first-order chi connectivity index (χ1) is 5.94. The summed E-state index contributed by atoms with van der Waals surface area (Å²) in [5.74, 6) is -0.839. The molecule has 1 aromatic rings. The Bertz CT molecular complexity index is 336. The van der Waals surface area contributed by atoms with Gasteiger partial charge in [0.2, 0.25) is 0 Å². The van der Waals surface area contributed by atoms with Crippen LogP contribution >= 0.6 is 0 Å². The van der Waals surface area contributed by atoms with Crippen molar-refractivity contribution < 1.29 is 9.90 Å². The predicted molar refractivity (Wildman–Crippen MR) is 47.8 cm³/mol. The summed E-state index contributed by atoms with van der Waals surface area (Å²) in [7, 11) is 0. The van der Waals surface area contributed by atoms with Gasteiger partial charge in [-0.25, -0.2) is 9.78 Å². The van der Waals surface area contributed by atoms with Gasteiger partial charge >= 0.3 is 5.97 Å². The van der Waals surface area contributed by atoms with Crippen LogP contribution in [0.3, 0.4) is 0 Å². The number of pyridine rings is 1. The SMILES string of the molecule is CC(N)(C(=O)O)c1ccnc(N)c1. The fourth-order valence-corrected chi connectivity index (χ4v) is 0.895. The minimum Gasteiger partial charge on any atom is -0.480 e. The molecule has 1 aromatic heterocycles. The van der Waals surface area contributed by atoms with Gasteiger partial charge in [-0.2, -0.15) is 0 Å². The van der Waals surface area contributed by atoms with Gasteiger partial charge in [0.05, 0.1) is 0 Å². The highest BCUT2D eigenvalue weighted by atomic mass is 16.4. The van der Waals surface area contributed by atoms with E-state index < -0.39 is 11.5 Å². The molecule has 5 nitrogen and oxygen atoms in total. The monoisotopic (exact) mass is 181 g/mol. The van der Waals surface area contributed by atoms with Gasteiger partial charge < -0.3 is 16.6 Å². The van der Waals surface area contributed by atoms with E-state index in [-0.39, 0.29) is 5.82 Å². The molecule has 0 fully saturated rings. The van der Waals surface area contributed by atoms with E-state index in [0.29, 0.717) is 5.56 Å². The summed E-state index contributed by atoms with van der Waals surface area (Å²) < 4.78 is 0. The van der Waals surface area contributed by atoms with Crippen LogP contribution in [0.15, 0.2) is 18.3 Å². The second-order valence-corrected chi connectivity index (χ2v) is 2.98. The molecule has 13 heavy (non-hydrogen) atoms. The minimum absolute atomic E-state index is 0.260. The molecule has 0 radical (unpaired) electrons. The van der Waals surface area contributed by atoms with Crippen molar-refractivity contribution in [3.05, 3.63) is 23.9 Å². The third-order valence-corrected chi connectivity index (χ3v) is 1.83. The molecule has 5 heteroatoms. The number of nitrogens with two attached hydrogens (primary N) is 2. The molecular formula is C8H11N3O2. The van der Waals surface area contributed by atoms with Crippen LogP contribution in [0.2, 0.25) is 0 Å². The fraction of sp³-hybridized carbons (Fsp3) is 0.250. The average Bonchev–Trinajstić information content (AvgIpc) is 2.04. The molecule has 1 unspecified atom stereocenters. The highest BCUT2D eigenvalue weighted by Gasteiger charge is 2.30. The number of carbonyl (C=O) groups is 1. The zero-order valence-corrected chi connectivity index (χ0v) is 7.19. The Morgan fingerprint density at radius 2 is 2.31 bits per heavy atom.